The van der Waals surface area contributed by atoms with E-state index in [4.69, 9.17) is 0 Å². The molecule has 0 saturated carbocycles. The van der Waals surface area contributed by atoms with E-state index < -0.39 is 0 Å². The second-order valence-electron chi connectivity index (χ2n) is 5.93. The molecule has 2 aromatic rings. The van der Waals surface area contributed by atoms with Crippen molar-refractivity contribution < 1.29 is 0 Å². The number of hydrogen-bond acceptors (Lipinski definition) is 2. The van der Waals surface area contributed by atoms with Crippen LogP contribution < -0.4 is 5.32 Å². The number of hydrogen-bond donors (Lipinski definition) is 1. The van der Waals surface area contributed by atoms with Crippen molar-refractivity contribution in [2.45, 2.75) is 32.5 Å². The minimum absolute atomic E-state index is 0.942. The van der Waals surface area contributed by atoms with Crippen LogP contribution >= 0.6 is 0 Å². The van der Waals surface area contributed by atoms with Crippen molar-refractivity contribution in [1.29, 1.82) is 0 Å². The lowest BCUT2D eigenvalue weighted by Gasteiger charge is -2.20. The van der Waals surface area contributed by atoms with Gasteiger partial charge in [0.1, 0.15) is 0 Å². The van der Waals surface area contributed by atoms with Crippen LogP contribution in [0.1, 0.15) is 28.7 Å². The zero-order valence-electron chi connectivity index (χ0n) is 12.8. The molecule has 0 radical (unpaired) electrons. The van der Waals surface area contributed by atoms with Gasteiger partial charge < -0.3 is 5.32 Å². The fraction of sp³-hybridized carbons (Fsp3) is 0.368. The molecule has 1 aliphatic heterocycles. The molecule has 110 valence electrons. The van der Waals surface area contributed by atoms with E-state index in [9.17, 15) is 0 Å². The SMILES string of the molecule is CNCc1ccc(CN2CCCc3ccccc3C2)cc1. The molecule has 2 nitrogen and oxygen atoms in total. The van der Waals surface area contributed by atoms with E-state index in [2.05, 4.69) is 58.7 Å². The molecule has 0 saturated heterocycles. The van der Waals surface area contributed by atoms with Gasteiger partial charge in [-0.3, -0.25) is 4.90 Å². The number of aryl methyl sites for hydroxylation is 1. The van der Waals surface area contributed by atoms with Gasteiger partial charge in [-0.05, 0) is 48.7 Å². The molecule has 0 amide bonds. The fourth-order valence-electron chi connectivity index (χ4n) is 3.13. The third kappa shape index (κ3) is 3.72. The Hall–Kier alpha value is -1.64. The summed E-state index contributed by atoms with van der Waals surface area (Å²) < 4.78 is 0. The first-order valence-electron chi connectivity index (χ1n) is 7.87. The molecule has 0 aliphatic carbocycles. The second kappa shape index (κ2) is 6.88. The van der Waals surface area contributed by atoms with E-state index in [0.717, 1.165) is 19.6 Å². The van der Waals surface area contributed by atoms with E-state index in [1.54, 1.807) is 0 Å². The van der Waals surface area contributed by atoms with Crippen molar-refractivity contribution in [3.63, 3.8) is 0 Å². The highest BCUT2D eigenvalue weighted by atomic mass is 15.1. The number of nitrogens with zero attached hydrogens (tertiary/aromatic N) is 1. The Morgan fingerprint density at radius 3 is 2.43 bits per heavy atom. The molecule has 0 unspecified atom stereocenters. The van der Waals surface area contributed by atoms with Crippen LogP contribution in [0.25, 0.3) is 0 Å². The van der Waals surface area contributed by atoms with Crippen LogP contribution in [0.4, 0.5) is 0 Å². The van der Waals surface area contributed by atoms with Gasteiger partial charge in [0.05, 0.1) is 0 Å². The Morgan fingerprint density at radius 1 is 0.952 bits per heavy atom. The van der Waals surface area contributed by atoms with Gasteiger partial charge in [-0.25, -0.2) is 0 Å². The van der Waals surface area contributed by atoms with E-state index in [-0.39, 0.29) is 0 Å². The Balaban J connectivity index is 1.67. The maximum atomic E-state index is 3.19. The van der Waals surface area contributed by atoms with E-state index >= 15 is 0 Å². The summed E-state index contributed by atoms with van der Waals surface area (Å²) in [6.45, 7) is 4.26. The van der Waals surface area contributed by atoms with Crippen molar-refractivity contribution in [2.75, 3.05) is 13.6 Å². The molecule has 2 heteroatoms. The monoisotopic (exact) mass is 280 g/mol. The molecule has 3 rings (SSSR count). The summed E-state index contributed by atoms with van der Waals surface area (Å²) in [5, 5.41) is 3.19. The first-order valence-corrected chi connectivity index (χ1v) is 7.87. The predicted molar refractivity (Wildman–Crippen MR) is 88.1 cm³/mol. The summed E-state index contributed by atoms with van der Waals surface area (Å²) in [6, 6.07) is 17.9. The molecule has 0 fully saturated rings. The van der Waals surface area contributed by atoms with Crippen LogP contribution in [-0.2, 0) is 26.1 Å². The number of rotatable bonds is 4. The Bertz CT molecular complexity index is 574. The lowest BCUT2D eigenvalue weighted by Crippen LogP contribution is -2.22. The van der Waals surface area contributed by atoms with Crippen LogP contribution in [0, 0.1) is 0 Å². The summed E-state index contributed by atoms with van der Waals surface area (Å²) in [6.07, 6.45) is 2.47. The van der Waals surface area contributed by atoms with Gasteiger partial charge in [0.2, 0.25) is 0 Å². The average Bonchev–Trinajstić information content (AvgIpc) is 2.71. The third-order valence-electron chi connectivity index (χ3n) is 4.24. The maximum absolute atomic E-state index is 3.19. The minimum Gasteiger partial charge on any atom is -0.316 e. The standard InChI is InChI=1S/C19H24N2/c1-20-13-16-8-10-17(11-9-16)14-21-12-4-7-18-5-2-3-6-19(18)15-21/h2-3,5-6,8-11,20H,4,7,12-15H2,1H3. The van der Waals surface area contributed by atoms with Gasteiger partial charge in [-0.2, -0.15) is 0 Å². The lowest BCUT2D eigenvalue weighted by atomic mass is 10.0. The molecule has 1 heterocycles. The van der Waals surface area contributed by atoms with Gasteiger partial charge in [0.25, 0.3) is 0 Å². The van der Waals surface area contributed by atoms with Crippen LogP contribution in [-0.4, -0.2) is 18.5 Å². The van der Waals surface area contributed by atoms with Gasteiger partial charge in [0, 0.05) is 19.6 Å². The Labute approximate surface area is 127 Å². The summed E-state index contributed by atoms with van der Waals surface area (Å²) in [5.74, 6) is 0. The topological polar surface area (TPSA) is 15.3 Å². The summed E-state index contributed by atoms with van der Waals surface area (Å²) in [4.78, 5) is 2.57. The third-order valence-corrected chi connectivity index (χ3v) is 4.24. The normalized spacial score (nSPS) is 15.5. The van der Waals surface area contributed by atoms with E-state index in [1.165, 1.54) is 41.6 Å². The van der Waals surface area contributed by atoms with E-state index in [0.29, 0.717) is 0 Å². The molecule has 1 N–H and O–H groups in total. The maximum Gasteiger partial charge on any atom is 0.0240 e. The van der Waals surface area contributed by atoms with Crippen molar-refractivity contribution in [3.05, 3.63) is 70.8 Å². The zero-order chi connectivity index (χ0) is 14.5. The average molecular weight is 280 g/mol. The first-order chi connectivity index (χ1) is 10.3. The molecule has 2 aromatic carbocycles. The summed E-state index contributed by atoms with van der Waals surface area (Å²) in [5.41, 5.74) is 5.79. The molecule has 1 aliphatic rings. The van der Waals surface area contributed by atoms with Gasteiger partial charge in [-0.15, -0.1) is 0 Å². The second-order valence-corrected chi connectivity index (χ2v) is 5.93. The molecule has 21 heavy (non-hydrogen) atoms. The summed E-state index contributed by atoms with van der Waals surface area (Å²) >= 11 is 0. The highest BCUT2D eigenvalue weighted by molar-refractivity contribution is 5.28. The van der Waals surface area contributed by atoms with E-state index in [1.807, 2.05) is 7.05 Å². The van der Waals surface area contributed by atoms with Gasteiger partial charge in [-0.1, -0.05) is 48.5 Å². The first kappa shape index (κ1) is 14.3. The largest absolute Gasteiger partial charge is 0.316 e. The highest BCUT2D eigenvalue weighted by Gasteiger charge is 2.13. The van der Waals surface area contributed by atoms with Crippen LogP contribution in [0.15, 0.2) is 48.5 Å². The summed E-state index contributed by atoms with van der Waals surface area (Å²) in [7, 11) is 1.99. The molecule has 0 bridgehead atoms. The van der Waals surface area contributed by atoms with Crippen molar-refractivity contribution in [1.82, 2.24) is 10.2 Å². The number of nitrogens with one attached hydrogen (secondary N) is 1. The van der Waals surface area contributed by atoms with Crippen molar-refractivity contribution in [2.24, 2.45) is 0 Å². The molecule has 0 atom stereocenters. The fourth-order valence-corrected chi connectivity index (χ4v) is 3.13. The highest BCUT2D eigenvalue weighted by Crippen LogP contribution is 2.20. The van der Waals surface area contributed by atoms with Crippen LogP contribution in [0.3, 0.4) is 0 Å². The van der Waals surface area contributed by atoms with Gasteiger partial charge in [0.15, 0.2) is 0 Å². The quantitative estimate of drug-likeness (QED) is 0.924. The zero-order valence-corrected chi connectivity index (χ0v) is 12.8. The van der Waals surface area contributed by atoms with Gasteiger partial charge >= 0.3 is 0 Å². The lowest BCUT2D eigenvalue weighted by molar-refractivity contribution is 0.261. The smallest absolute Gasteiger partial charge is 0.0240 e. The molecule has 0 spiro atoms. The van der Waals surface area contributed by atoms with Crippen LogP contribution in [0.5, 0.6) is 0 Å². The predicted octanol–water partition coefficient (Wildman–Crippen LogP) is 3.35. The number of benzene rings is 2. The Kier molecular flexibility index (Phi) is 4.69. The van der Waals surface area contributed by atoms with Crippen molar-refractivity contribution >= 4 is 0 Å². The van der Waals surface area contributed by atoms with Crippen molar-refractivity contribution in [3.8, 4) is 0 Å². The molecule has 0 aromatic heterocycles. The Morgan fingerprint density at radius 2 is 1.67 bits per heavy atom. The molecular weight excluding hydrogens is 256 g/mol. The minimum atomic E-state index is 0.942. The number of fused-ring (bicyclic) bond motifs is 1. The van der Waals surface area contributed by atoms with Crippen LogP contribution in [0.2, 0.25) is 0 Å². The molecular formula is C19H24N2.